The second-order valence-electron chi connectivity index (χ2n) is 9.47. The average molecular weight is 440 g/mol. The fourth-order valence-electron chi connectivity index (χ4n) is 3.99. The summed E-state index contributed by atoms with van der Waals surface area (Å²) in [7, 11) is 0. The Hall–Kier alpha value is -1.99. The normalized spacial score (nSPS) is 18.7. The summed E-state index contributed by atoms with van der Waals surface area (Å²) in [5.74, 6) is -1.15. The lowest BCUT2D eigenvalue weighted by Gasteiger charge is -2.30. The quantitative estimate of drug-likeness (QED) is 0.204. The van der Waals surface area contributed by atoms with E-state index in [0.29, 0.717) is 6.42 Å². The van der Waals surface area contributed by atoms with E-state index in [1.807, 2.05) is 0 Å². The van der Waals surface area contributed by atoms with Gasteiger partial charge in [-0.05, 0) is 64.8 Å². The molecule has 2 rings (SSSR count). The molecule has 2 saturated carbocycles. The van der Waals surface area contributed by atoms with Gasteiger partial charge in [-0.1, -0.05) is 43.6 Å². The molecule has 0 radical (unpaired) electrons. The van der Waals surface area contributed by atoms with E-state index in [1.54, 1.807) is 20.8 Å². The monoisotopic (exact) mass is 439 g/mol. The number of carboxylic acids is 1. The summed E-state index contributed by atoms with van der Waals surface area (Å²) in [5.41, 5.74) is 7.38. The number of azide groups is 1. The molecule has 0 aromatic heterocycles. The summed E-state index contributed by atoms with van der Waals surface area (Å²) in [5, 5.41) is 18.3. The van der Waals surface area contributed by atoms with Crippen molar-refractivity contribution in [2.24, 2.45) is 5.11 Å². The van der Waals surface area contributed by atoms with E-state index in [9.17, 15) is 9.59 Å². The van der Waals surface area contributed by atoms with Crippen molar-refractivity contribution >= 4 is 12.1 Å². The summed E-state index contributed by atoms with van der Waals surface area (Å²) < 4.78 is 4.95. The molecule has 9 nitrogen and oxygen atoms in total. The van der Waals surface area contributed by atoms with Crippen LogP contribution in [0.1, 0.15) is 97.8 Å². The van der Waals surface area contributed by atoms with Crippen LogP contribution >= 0.6 is 0 Å². The third kappa shape index (κ3) is 13.8. The van der Waals surface area contributed by atoms with Gasteiger partial charge in [-0.25, -0.2) is 9.59 Å². The first-order valence-corrected chi connectivity index (χ1v) is 11.7. The number of nitrogens with one attached hydrogen (secondary N) is 2. The van der Waals surface area contributed by atoms with Crippen molar-refractivity contribution in [3.05, 3.63) is 10.4 Å². The number of amides is 1. The smallest absolute Gasteiger partial charge is 0.408 e. The van der Waals surface area contributed by atoms with Crippen molar-refractivity contribution < 1.29 is 19.4 Å². The number of carbonyl (C=O) groups excluding carboxylic acids is 1. The van der Waals surface area contributed by atoms with Crippen LogP contribution in [0.2, 0.25) is 0 Å². The molecule has 0 bridgehead atoms. The molecule has 0 aromatic carbocycles. The molecule has 31 heavy (non-hydrogen) atoms. The van der Waals surface area contributed by atoms with Gasteiger partial charge in [-0.3, -0.25) is 0 Å². The summed E-state index contributed by atoms with van der Waals surface area (Å²) in [6.07, 6.45) is 14.3. The number of rotatable bonds is 8. The molecular formula is C22H41N5O4. The number of carboxylic acid groups (broad SMARTS) is 1. The van der Waals surface area contributed by atoms with Crippen molar-refractivity contribution in [2.75, 3.05) is 6.54 Å². The minimum absolute atomic E-state index is 0.174. The summed E-state index contributed by atoms with van der Waals surface area (Å²) >= 11 is 0. The number of hydrogen-bond acceptors (Lipinski definition) is 5. The fourth-order valence-corrected chi connectivity index (χ4v) is 3.99. The zero-order valence-corrected chi connectivity index (χ0v) is 19.4. The van der Waals surface area contributed by atoms with E-state index in [2.05, 4.69) is 20.7 Å². The van der Waals surface area contributed by atoms with Gasteiger partial charge >= 0.3 is 12.1 Å². The van der Waals surface area contributed by atoms with Gasteiger partial charge in [-0.2, -0.15) is 0 Å². The van der Waals surface area contributed by atoms with E-state index in [-0.39, 0.29) is 13.0 Å². The van der Waals surface area contributed by atoms with E-state index in [1.165, 1.54) is 64.2 Å². The highest BCUT2D eigenvalue weighted by atomic mass is 16.6. The first-order valence-electron chi connectivity index (χ1n) is 11.7. The summed E-state index contributed by atoms with van der Waals surface area (Å²) in [6.45, 7) is 5.24. The average Bonchev–Trinajstić information content (AvgIpc) is 2.71. The van der Waals surface area contributed by atoms with Gasteiger partial charge in [-0.15, -0.1) is 0 Å². The minimum Gasteiger partial charge on any atom is -0.480 e. The van der Waals surface area contributed by atoms with Gasteiger partial charge < -0.3 is 20.5 Å². The summed E-state index contributed by atoms with van der Waals surface area (Å²) in [6, 6.07) is 0.697. The maximum atomic E-state index is 11.4. The van der Waals surface area contributed by atoms with Gasteiger partial charge in [0.15, 0.2) is 0 Å². The molecule has 0 aliphatic heterocycles. The van der Waals surface area contributed by atoms with Crippen LogP contribution in [0.5, 0.6) is 0 Å². The molecule has 0 saturated heterocycles. The number of carbonyl (C=O) groups is 2. The molecule has 2 aliphatic rings. The van der Waals surface area contributed by atoms with Crippen LogP contribution in [-0.4, -0.2) is 47.4 Å². The second-order valence-corrected chi connectivity index (χ2v) is 9.47. The Morgan fingerprint density at radius 2 is 1.58 bits per heavy atom. The van der Waals surface area contributed by atoms with Crippen LogP contribution in [-0.2, 0) is 9.53 Å². The van der Waals surface area contributed by atoms with E-state index in [0.717, 1.165) is 12.1 Å². The van der Waals surface area contributed by atoms with E-state index in [4.69, 9.17) is 15.4 Å². The first kappa shape index (κ1) is 27.0. The maximum Gasteiger partial charge on any atom is 0.408 e. The van der Waals surface area contributed by atoms with Crippen LogP contribution in [0, 0.1) is 0 Å². The molecule has 0 heterocycles. The van der Waals surface area contributed by atoms with Crippen molar-refractivity contribution in [3.8, 4) is 0 Å². The molecule has 178 valence electrons. The Bertz CT molecular complexity index is 559. The third-order valence-electron chi connectivity index (χ3n) is 5.48. The first-order chi connectivity index (χ1) is 14.7. The number of aliphatic carboxylic acids is 1. The molecule has 1 atom stereocenters. The zero-order valence-electron chi connectivity index (χ0n) is 19.4. The molecule has 0 aromatic rings. The van der Waals surface area contributed by atoms with Gasteiger partial charge in [0.05, 0.1) is 0 Å². The highest BCUT2D eigenvalue weighted by Crippen LogP contribution is 2.22. The Kier molecular flexibility index (Phi) is 13.0. The lowest BCUT2D eigenvalue weighted by molar-refractivity contribution is -0.139. The third-order valence-corrected chi connectivity index (χ3v) is 5.48. The molecule has 3 N–H and O–H groups in total. The Balaban J connectivity index is 0.000000323. The fraction of sp³-hybridized carbons (Fsp3) is 0.909. The Morgan fingerprint density at radius 3 is 2.00 bits per heavy atom. The van der Waals surface area contributed by atoms with Crippen molar-refractivity contribution in [1.82, 2.24) is 10.6 Å². The van der Waals surface area contributed by atoms with Crippen LogP contribution in [0.3, 0.4) is 0 Å². The van der Waals surface area contributed by atoms with Gasteiger partial charge in [0.1, 0.15) is 11.6 Å². The zero-order chi connectivity index (χ0) is 23.1. The topological polar surface area (TPSA) is 136 Å². The Labute approximate surface area is 186 Å². The lowest BCUT2D eigenvalue weighted by Crippen LogP contribution is -2.43. The van der Waals surface area contributed by atoms with Crippen molar-refractivity contribution in [3.63, 3.8) is 0 Å². The maximum absolute atomic E-state index is 11.4. The molecule has 0 spiro atoms. The van der Waals surface area contributed by atoms with Gasteiger partial charge in [0, 0.05) is 23.5 Å². The number of hydrogen-bond donors (Lipinski definition) is 3. The standard InChI is InChI=1S/C12H23N.C10H18N4O4/c1-3-7-11(8-4-1)13-12-9-5-2-6-10-12;1-10(2,3)18-9(17)13-7(8(15)16)5-4-6-12-14-11/h11-13H,1-10H2;7H,4-6H2,1-3H3,(H,13,17)(H,15,16). The van der Waals surface area contributed by atoms with E-state index >= 15 is 0 Å². The molecule has 1 unspecified atom stereocenters. The van der Waals surface area contributed by atoms with Crippen LogP contribution in [0.4, 0.5) is 4.79 Å². The van der Waals surface area contributed by atoms with Crippen LogP contribution in [0.25, 0.3) is 10.4 Å². The highest BCUT2D eigenvalue weighted by Gasteiger charge is 2.23. The predicted octanol–water partition coefficient (Wildman–Crippen LogP) is 5.30. The molecule has 9 heteroatoms. The minimum atomic E-state index is -1.15. The second kappa shape index (κ2) is 14.9. The highest BCUT2D eigenvalue weighted by molar-refractivity contribution is 5.79. The molecule has 1 amide bonds. The molecule has 2 aliphatic carbocycles. The van der Waals surface area contributed by atoms with Crippen molar-refractivity contribution in [2.45, 2.75) is 122 Å². The largest absolute Gasteiger partial charge is 0.480 e. The van der Waals surface area contributed by atoms with Gasteiger partial charge in [0.25, 0.3) is 0 Å². The number of nitrogens with zero attached hydrogens (tertiary/aromatic N) is 3. The SMILES string of the molecule is C1CCC(NC2CCCCC2)CC1.CC(C)(C)OC(=O)NC(CCCN=[N+]=[N-])C(=O)O. The lowest BCUT2D eigenvalue weighted by atomic mass is 9.91. The summed E-state index contributed by atoms with van der Waals surface area (Å²) in [4.78, 5) is 24.8. The van der Waals surface area contributed by atoms with Gasteiger partial charge in [0.2, 0.25) is 0 Å². The molecular weight excluding hydrogens is 398 g/mol. The van der Waals surface area contributed by atoms with E-state index < -0.39 is 23.7 Å². The Morgan fingerprint density at radius 1 is 1.06 bits per heavy atom. The number of alkyl carbamates (subject to hydrolysis) is 1. The van der Waals surface area contributed by atoms with Crippen LogP contribution in [0.15, 0.2) is 5.11 Å². The number of ether oxygens (including phenoxy) is 1. The van der Waals surface area contributed by atoms with Crippen LogP contribution < -0.4 is 10.6 Å². The van der Waals surface area contributed by atoms with Crippen molar-refractivity contribution in [1.29, 1.82) is 0 Å². The predicted molar refractivity (Wildman–Crippen MR) is 121 cm³/mol. The molecule has 2 fully saturated rings.